The molecule has 2 saturated heterocycles. The molecule has 2 rings (SSSR count). The average Bonchev–Trinajstić information content (AvgIpc) is 2.94. The molecule has 0 aromatic heterocycles. The molecule has 0 saturated carbocycles. The molecule has 0 aliphatic carbocycles. The van der Waals surface area contributed by atoms with Crippen LogP contribution in [0.1, 0.15) is 27.7 Å². The van der Waals surface area contributed by atoms with E-state index in [1.165, 1.54) is 7.11 Å². The molecule has 124 valence electrons. The van der Waals surface area contributed by atoms with E-state index in [1.54, 1.807) is 27.7 Å². The second-order valence-electron chi connectivity index (χ2n) is 6.05. The van der Waals surface area contributed by atoms with Crippen molar-refractivity contribution in [2.24, 2.45) is 0 Å². The van der Waals surface area contributed by atoms with E-state index in [-0.39, 0.29) is 6.61 Å². The third-order valence-electron chi connectivity index (χ3n) is 3.38. The summed E-state index contributed by atoms with van der Waals surface area (Å²) in [5.41, 5.74) is 0. The smallest absolute Gasteiger partial charge is 0.438 e. The summed E-state index contributed by atoms with van der Waals surface area (Å²) in [5.74, 6) is -1.77. The van der Waals surface area contributed by atoms with E-state index in [0.717, 1.165) is 0 Å². The number of rotatable bonds is 3. The molecule has 2 aliphatic rings. The minimum Gasteiger partial charge on any atom is -0.438 e. The van der Waals surface area contributed by atoms with Crippen molar-refractivity contribution in [2.45, 2.75) is 63.7 Å². The Hall–Kier alpha value is -1.40. The summed E-state index contributed by atoms with van der Waals surface area (Å²) in [5, 5.41) is 9.26. The topological polar surface area (TPSA) is 96.2 Å². The van der Waals surface area contributed by atoms with E-state index in [4.69, 9.17) is 23.7 Å². The van der Waals surface area contributed by atoms with Crippen LogP contribution in [0.4, 0.5) is 4.79 Å². The van der Waals surface area contributed by atoms with Crippen molar-refractivity contribution in [1.29, 1.82) is 5.26 Å². The number of carbonyl (C=O) groups excluding carboxylic acids is 1. The van der Waals surface area contributed by atoms with Gasteiger partial charge in [0, 0.05) is 0 Å². The lowest BCUT2D eigenvalue weighted by atomic mass is 10.0. The first kappa shape index (κ1) is 17.0. The van der Waals surface area contributed by atoms with Crippen molar-refractivity contribution in [3.63, 3.8) is 0 Å². The molecule has 0 unspecified atom stereocenters. The summed E-state index contributed by atoms with van der Waals surface area (Å²) in [6.07, 6.45) is -4.06. The molecule has 0 amide bonds. The van der Waals surface area contributed by atoms with Gasteiger partial charge >= 0.3 is 6.16 Å². The van der Waals surface area contributed by atoms with Crippen LogP contribution in [-0.2, 0) is 28.4 Å². The summed E-state index contributed by atoms with van der Waals surface area (Å²) in [6.45, 7) is 7.07. The van der Waals surface area contributed by atoms with Crippen molar-refractivity contribution in [3.8, 4) is 6.07 Å². The minimum atomic E-state index is -0.961. The maximum absolute atomic E-state index is 11.5. The Balaban J connectivity index is 2.21. The Morgan fingerprint density at radius 1 is 1.23 bits per heavy atom. The maximum atomic E-state index is 11.5. The van der Waals surface area contributed by atoms with Gasteiger partial charge in [-0.05, 0) is 27.7 Å². The van der Waals surface area contributed by atoms with Crippen LogP contribution < -0.4 is 0 Å². The van der Waals surface area contributed by atoms with Crippen LogP contribution in [0, 0.1) is 11.3 Å². The summed E-state index contributed by atoms with van der Waals surface area (Å²) >= 11 is 0. The van der Waals surface area contributed by atoms with Gasteiger partial charge in [-0.2, -0.15) is 5.26 Å². The van der Waals surface area contributed by atoms with Gasteiger partial charge in [0.2, 0.25) is 0 Å². The summed E-state index contributed by atoms with van der Waals surface area (Å²) < 4.78 is 32.3. The number of methoxy groups -OCH3 is 1. The molecule has 8 heteroatoms. The molecule has 0 bridgehead atoms. The van der Waals surface area contributed by atoms with E-state index >= 15 is 0 Å². The van der Waals surface area contributed by atoms with Crippen molar-refractivity contribution in [2.75, 3.05) is 13.7 Å². The lowest BCUT2D eigenvalue weighted by Gasteiger charge is -2.28. The molecule has 22 heavy (non-hydrogen) atoms. The quantitative estimate of drug-likeness (QED) is 0.720. The highest BCUT2D eigenvalue weighted by atomic mass is 16.8. The fraction of sp³-hybridized carbons (Fsp3) is 0.857. The van der Waals surface area contributed by atoms with Crippen LogP contribution >= 0.6 is 0 Å². The Morgan fingerprint density at radius 2 is 1.91 bits per heavy atom. The Labute approximate surface area is 129 Å². The zero-order valence-corrected chi connectivity index (χ0v) is 13.3. The Bertz CT molecular complexity index is 470. The second kappa shape index (κ2) is 6.01. The van der Waals surface area contributed by atoms with Gasteiger partial charge in [-0.1, -0.05) is 0 Å². The van der Waals surface area contributed by atoms with Crippen LogP contribution in [0.3, 0.4) is 0 Å². The van der Waals surface area contributed by atoms with Gasteiger partial charge < -0.3 is 28.4 Å². The second-order valence-corrected chi connectivity index (χ2v) is 6.05. The van der Waals surface area contributed by atoms with Gasteiger partial charge in [0.25, 0.3) is 0 Å². The first-order chi connectivity index (χ1) is 10.2. The Kier molecular flexibility index (Phi) is 4.63. The highest BCUT2D eigenvalue weighted by molar-refractivity contribution is 5.60. The monoisotopic (exact) mass is 315 g/mol. The molecule has 0 aromatic carbocycles. The Morgan fingerprint density at radius 3 is 2.41 bits per heavy atom. The van der Waals surface area contributed by atoms with Gasteiger partial charge in [0.15, 0.2) is 23.8 Å². The number of ether oxygens (including phenoxy) is 6. The predicted molar refractivity (Wildman–Crippen MR) is 71.6 cm³/mol. The van der Waals surface area contributed by atoms with Gasteiger partial charge in [-0.25, -0.2) is 4.79 Å². The molecule has 0 N–H and O–H groups in total. The summed E-state index contributed by atoms with van der Waals surface area (Å²) in [6, 6.07) is 2.01. The van der Waals surface area contributed by atoms with E-state index < -0.39 is 42.1 Å². The van der Waals surface area contributed by atoms with E-state index in [2.05, 4.69) is 4.74 Å². The summed E-state index contributed by atoms with van der Waals surface area (Å²) in [7, 11) is 1.20. The largest absolute Gasteiger partial charge is 0.508 e. The van der Waals surface area contributed by atoms with Gasteiger partial charge in [-0.15, -0.1) is 0 Å². The maximum Gasteiger partial charge on any atom is 0.508 e. The fourth-order valence-corrected chi connectivity index (χ4v) is 2.52. The molecule has 2 heterocycles. The first-order valence-electron chi connectivity index (χ1n) is 6.99. The van der Waals surface area contributed by atoms with E-state index in [9.17, 15) is 10.1 Å². The number of hydrogen-bond donors (Lipinski definition) is 0. The third kappa shape index (κ3) is 3.67. The molecular weight excluding hydrogens is 294 g/mol. The third-order valence-corrected chi connectivity index (χ3v) is 3.38. The van der Waals surface area contributed by atoms with Crippen molar-refractivity contribution in [3.05, 3.63) is 0 Å². The van der Waals surface area contributed by atoms with Crippen LogP contribution in [-0.4, -0.2) is 55.9 Å². The minimum absolute atomic E-state index is 0.201. The highest BCUT2D eigenvalue weighted by Gasteiger charge is 2.52. The fourth-order valence-electron chi connectivity index (χ4n) is 2.52. The number of nitrogens with zero attached hydrogens (tertiary/aromatic N) is 1. The number of nitriles is 1. The van der Waals surface area contributed by atoms with Gasteiger partial charge in [0.1, 0.15) is 12.2 Å². The molecular formula is C14H21NO7. The molecule has 0 aromatic rings. The lowest BCUT2D eigenvalue weighted by Crippen LogP contribution is -2.47. The number of hydrogen-bond acceptors (Lipinski definition) is 8. The highest BCUT2D eigenvalue weighted by Crippen LogP contribution is 2.35. The zero-order chi connectivity index (χ0) is 16.5. The van der Waals surface area contributed by atoms with Crippen LogP contribution in [0.5, 0.6) is 0 Å². The average molecular weight is 315 g/mol. The molecule has 2 aliphatic heterocycles. The van der Waals surface area contributed by atoms with Crippen molar-refractivity contribution in [1.82, 2.24) is 0 Å². The lowest BCUT2D eigenvalue weighted by molar-refractivity contribution is -0.181. The van der Waals surface area contributed by atoms with E-state index in [1.807, 2.05) is 6.07 Å². The van der Waals surface area contributed by atoms with Gasteiger partial charge in [-0.3, -0.25) is 0 Å². The van der Waals surface area contributed by atoms with Gasteiger partial charge in [0.05, 0.1) is 19.8 Å². The van der Waals surface area contributed by atoms with Crippen molar-refractivity contribution >= 4 is 6.16 Å². The molecule has 4 atom stereocenters. The molecule has 0 spiro atoms. The number of carbonyl (C=O) groups is 1. The van der Waals surface area contributed by atoms with Crippen LogP contribution in [0.15, 0.2) is 0 Å². The molecule has 0 radical (unpaired) electrons. The molecule has 8 nitrogen and oxygen atoms in total. The normalized spacial score (nSPS) is 33.9. The van der Waals surface area contributed by atoms with E-state index in [0.29, 0.717) is 0 Å². The SMILES string of the molecule is COC(=O)O[C@@H]([C@@H]1OC(C)(C)O[C@@H]1C#N)[C@H]1COC(C)(C)O1. The standard InChI is InChI=1S/C14H21NO7/c1-13(2)18-7-9(21-13)10(19-12(16)17-5)11-8(6-15)20-14(3,4)22-11/h8-11H,7H2,1-5H3/t8-,9-,10-,11-/m1/s1. The first-order valence-corrected chi connectivity index (χ1v) is 6.99. The zero-order valence-electron chi connectivity index (χ0n) is 13.3. The van der Waals surface area contributed by atoms with Crippen LogP contribution in [0.2, 0.25) is 0 Å². The predicted octanol–water partition coefficient (Wildman–Crippen LogP) is 1.33. The van der Waals surface area contributed by atoms with Crippen molar-refractivity contribution < 1.29 is 33.2 Å². The molecule has 2 fully saturated rings. The summed E-state index contributed by atoms with van der Waals surface area (Å²) in [4.78, 5) is 11.5. The van der Waals surface area contributed by atoms with Crippen LogP contribution in [0.25, 0.3) is 0 Å².